The summed E-state index contributed by atoms with van der Waals surface area (Å²) in [4.78, 5) is 31.3. The van der Waals surface area contributed by atoms with Crippen molar-refractivity contribution in [3.05, 3.63) is 89.8 Å². The highest BCUT2D eigenvalue weighted by molar-refractivity contribution is 6.51. The zero-order valence-electron chi connectivity index (χ0n) is 16.0. The first kappa shape index (κ1) is 19.2. The molecule has 2 N–H and O–H groups in total. The molecule has 4 rings (SSSR count). The van der Waals surface area contributed by atoms with E-state index < -0.39 is 17.7 Å². The molecule has 0 spiro atoms. The van der Waals surface area contributed by atoms with Crippen molar-refractivity contribution in [1.29, 1.82) is 0 Å². The first-order valence-electron chi connectivity index (χ1n) is 9.15. The van der Waals surface area contributed by atoms with E-state index >= 15 is 0 Å². The molecule has 1 saturated heterocycles. The number of aromatic nitrogens is 1. The maximum atomic E-state index is 13.0. The number of carbonyl (C=O) groups excluding carboxylic acids is 2. The third-order valence-electron chi connectivity index (χ3n) is 4.92. The second-order valence-electron chi connectivity index (χ2n) is 6.70. The van der Waals surface area contributed by atoms with Crippen molar-refractivity contribution in [3.8, 4) is 11.5 Å². The zero-order valence-corrected chi connectivity index (χ0v) is 16.0. The van der Waals surface area contributed by atoms with Crippen LogP contribution in [0.15, 0.2) is 78.6 Å². The fraction of sp³-hybridized carbons (Fsp3) is 0.0870. The van der Waals surface area contributed by atoms with Crippen LogP contribution in [0.2, 0.25) is 0 Å². The molecule has 0 bridgehead atoms. The van der Waals surface area contributed by atoms with Crippen LogP contribution in [0.3, 0.4) is 0 Å². The topological polar surface area (TPSA) is 100.0 Å². The molecule has 150 valence electrons. The van der Waals surface area contributed by atoms with Gasteiger partial charge in [-0.15, -0.1) is 0 Å². The van der Waals surface area contributed by atoms with E-state index in [0.717, 1.165) is 0 Å². The number of ether oxygens (including phenoxy) is 1. The summed E-state index contributed by atoms with van der Waals surface area (Å²) < 4.78 is 5.25. The number of methoxy groups -OCH3 is 1. The Morgan fingerprint density at radius 1 is 1.03 bits per heavy atom. The van der Waals surface area contributed by atoms with Crippen LogP contribution in [0.5, 0.6) is 11.5 Å². The smallest absolute Gasteiger partial charge is 0.300 e. The number of phenolic OH excluding ortho intramolecular Hbond substituents is 1. The molecule has 0 saturated carbocycles. The molecule has 1 atom stereocenters. The lowest BCUT2D eigenvalue weighted by molar-refractivity contribution is -0.132. The number of phenols is 1. The summed E-state index contributed by atoms with van der Waals surface area (Å²) in [7, 11) is 1.50. The number of anilines is 1. The quantitative estimate of drug-likeness (QED) is 0.394. The number of hydrogen-bond donors (Lipinski definition) is 2. The highest BCUT2D eigenvalue weighted by Crippen LogP contribution is 2.43. The number of rotatable bonds is 4. The van der Waals surface area contributed by atoms with Crippen LogP contribution < -0.4 is 9.64 Å². The number of hydrogen-bond acceptors (Lipinski definition) is 6. The Balaban J connectivity index is 1.96. The minimum atomic E-state index is -0.933. The van der Waals surface area contributed by atoms with Crippen molar-refractivity contribution in [2.45, 2.75) is 6.04 Å². The van der Waals surface area contributed by atoms with Crippen LogP contribution >= 0.6 is 0 Å². The predicted octanol–water partition coefficient (Wildman–Crippen LogP) is 3.42. The number of aliphatic hydroxyl groups is 1. The third-order valence-corrected chi connectivity index (χ3v) is 4.92. The molecule has 1 aromatic heterocycles. The maximum absolute atomic E-state index is 13.0. The Kier molecular flexibility index (Phi) is 4.93. The second kappa shape index (κ2) is 7.71. The lowest BCUT2D eigenvalue weighted by Crippen LogP contribution is -2.29. The minimum Gasteiger partial charge on any atom is -0.508 e. The summed E-state index contributed by atoms with van der Waals surface area (Å²) >= 11 is 0. The molecule has 7 heteroatoms. The number of aromatic hydroxyl groups is 1. The number of pyridine rings is 1. The Bertz CT molecular complexity index is 1160. The number of ketones is 1. The van der Waals surface area contributed by atoms with Crippen LogP contribution in [-0.4, -0.2) is 34.0 Å². The van der Waals surface area contributed by atoms with Gasteiger partial charge in [-0.2, -0.15) is 0 Å². The Hall–Kier alpha value is -4.13. The standard InChI is InChI=1S/C23H18N2O5/c1-30-18-7-3-5-16(13-18)25-20(15-4-2-6-17(26)12-15)19(22(28)23(25)29)21(27)14-8-10-24-11-9-14/h2-13,20,26-27H,1H3/b21-19+. The van der Waals surface area contributed by atoms with Gasteiger partial charge in [0.25, 0.3) is 11.7 Å². The van der Waals surface area contributed by atoms with E-state index in [4.69, 9.17) is 4.74 Å². The molecule has 30 heavy (non-hydrogen) atoms. The molecule has 7 nitrogen and oxygen atoms in total. The minimum absolute atomic E-state index is 0.0207. The van der Waals surface area contributed by atoms with Gasteiger partial charge in [0.15, 0.2) is 0 Å². The van der Waals surface area contributed by atoms with Gasteiger partial charge in [-0.25, -0.2) is 0 Å². The molecular formula is C23H18N2O5. The van der Waals surface area contributed by atoms with E-state index in [9.17, 15) is 19.8 Å². The van der Waals surface area contributed by atoms with Crippen molar-refractivity contribution < 1.29 is 24.5 Å². The number of carbonyl (C=O) groups is 2. The lowest BCUT2D eigenvalue weighted by Gasteiger charge is -2.25. The number of benzene rings is 2. The largest absolute Gasteiger partial charge is 0.508 e. The van der Waals surface area contributed by atoms with E-state index in [1.165, 1.54) is 36.5 Å². The highest BCUT2D eigenvalue weighted by atomic mass is 16.5. The molecule has 1 unspecified atom stereocenters. The summed E-state index contributed by atoms with van der Waals surface area (Å²) in [6.07, 6.45) is 2.97. The van der Waals surface area contributed by atoms with Gasteiger partial charge in [-0.3, -0.25) is 19.5 Å². The molecule has 2 heterocycles. The average molecular weight is 402 g/mol. The van der Waals surface area contributed by atoms with Crippen molar-refractivity contribution >= 4 is 23.1 Å². The molecule has 0 radical (unpaired) electrons. The van der Waals surface area contributed by atoms with Crippen molar-refractivity contribution in [1.82, 2.24) is 4.98 Å². The number of amides is 1. The number of aliphatic hydroxyl groups excluding tert-OH is 1. The van der Waals surface area contributed by atoms with E-state index in [0.29, 0.717) is 22.6 Å². The van der Waals surface area contributed by atoms with Crippen molar-refractivity contribution in [3.63, 3.8) is 0 Å². The summed E-state index contributed by atoms with van der Waals surface area (Å²) in [5, 5.41) is 20.9. The average Bonchev–Trinajstić information content (AvgIpc) is 3.04. The van der Waals surface area contributed by atoms with E-state index in [1.54, 1.807) is 48.5 Å². The second-order valence-corrected chi connectivity index (χ2v) is 6.70. The van der Waals surface area contributed by atoms with Gasteiger partial charge in [0.1, 0.15) is 17.3 Å². The monoisotopic (exact) mass is 402 g/mol. The fourth-order valence-corrected chi connectivity index (χ4v) is 3.53. The summed E-state index contributed by atoms with van der Waals surface area (Å²) in [5.41, 5.74) is 1.20. The van der Waals surface area contributed by atoms with Gasteiger partial charge in [0.05, 0.1) is 18.7 Å². The Morgan fingerprint density at radius 3 is 2.47 bits per heavy atom. The van der Waals surface area contributed by atoms with E-state index in [1.807, 2.05) is 0 Å². The molecule has 2 aromatic carbocycles. The maximum Gasteiger partial charge on any atom is 0.300 e. The van der Waals surface area contributed by atoms with Crippen LogP contribution in [0.1, 0.15) is 17.2 Å². The van der Waals surface area contributed by atoms with E-state index in [-0.39, 0.29) is 17.1 Å². The molecule has 1 fully saturated rings. The third kappa shape index (κ3) is 3.26. The van der Waals surface area contributed by atoms with Crippen LogP contribution in [0, 0.1) is 0 Å². The van der Waals surface area contributed by atoms with Gasteiger partial charge in [-0.1, -0.05) is 18.2 Å². The zero-order chi connectivity index (χ0) is 21.3. The van der Waals surface area contributed by atoms with Crippen molar-refractivity contribution in [2.24, 2.45) is 0 Å². The van der Waals surface area contributed by atoms with Gasteiger partial charge in [0, 0.05) is 29.7 Å². The normalized spacial score (nSPS) is 17.9. The molecule has 1 aliphatic rings. The predicted molar refractivity (Wildman–Crippen MR) is 110 cm³/mol. The number of Topliss-reactive ketones (excluding diaryl/α,β-unsaturated/α-hetero) is 1. The highest BCUT2D eigenvalue weighted by Gasteiger charge is 2.47. The first-order chi connectivity index (χ1) is 14.5. The van der Waals surface area contributed by atoms with E-state index in [2.05, 4.69) is 4.98 Å². The SMILES string of the molecule is COc1cccc(N2C(=O)C(=O)/C(=C(/O)c3ccncc3)C2c2cccc(O)c2)c1. The van der Waals surface area contributed by atoms with Gasteiger partial charge in [-0.05, 0) is 42.0 Å². The first-order valence-corrected chi connectivity index (χ1v) is 9.15. The molecule has 3 aromatic rings. The van der Waals surface area contributed by atoms with Crippen LogP contribution in [0.4, 0.5) is 5.69 Å². The van der Waals surface area contributed by atoms with Crippen LogP contribution in [0.25, 0.3) is 5.76 Å². The fourth-order valence-electron chi connectivity index (χ4n) is 3.53. The molecule has 1 amide bonds. The van der Waals surface area contributed by atoms with Crippen molar-refractivity contribution in [2.75, 3.05) is 12.0 Å². The number of nitrogens with zero attached hydrogens (tertiary/aromatic N) is 2. The molecular weight excluding hydrogens is 384 g/mol. The summed E-state index contributed by atoms with van der Waals surface area (Å²) in [6.45, 7) is 0. The lowest BCUT2D eigenvalue weighted by atomic mass is 9.95. The molecule has 1 aliphatic heterocycles. The molecule has 0 aliphatic carbocycles. The van der Waals surface area contributed by atoms with Gasteiger partial charge in [0.2, 0.25) is 0 Å². The van der Waals surface area contributed by atoms with Crippen LogP contribution in [-0.2, 0) is 9.59 Å². The Morgan fingerprint density at radius 2 is 1.77 bits per heavy atom. The summed E-state index contributed by atoms with van der Waals surface area (Å²) in [5.74, 6) is -1.42. The summed E-state index contributed by atoms with van der Waals surface area (Å²) in [6, 6.07) is 15.2. The Labute approximate surface area is 172 Å². The van der Waals surface area contributed by atoms with Gasteiger partial charge < -0.3 is 14.9 Å². The van der Waals surface area contributed by atoms with Gasteiger partial charge >= 0.3 is 0 Å².